The van der Waals surface area contributed by atoms with E-state index >= 15 is 0 Å². The summed E-state index contributed by atoms with van der Waals surface area (Å²) >= 11 is 0. The third-order valence-electron chi connectivity index (χ3n) is 3.74. The third-order valence-corrected chi connectivity index (χ3v) is 3.74. The lowest BCUT2D eigenvalue weighted by atomic mass is 9.98. The molecule has 106 valence electrons. The quantitative estimate of drug-likeness (QED) is 0.894. The van der Waals surface area contributed by atoms with Crippen molar-refractivity contribution in [2.45, 2.75) is 46.2 Å². The Morgan fingerprint density at radius 3 is 2.89 bits per heavy atom. The maximum atomic E-state index is 13.5. The maximum Gasteiger partial charge on any atom is 0.123 e. The molecule has 1 heterocycles. The highest BCUT2D eigenvalue weighted by Gasteiger charge is 2.19. The monoisotopic (exact) mass is 264 g/mol. The van der Waals surface area contributed by atoms with Gasteiger partial charge in [0.1, 0.15) is 5.82 Å². The fourth-order valence-electron chi connectivity index (χ4n) is 2.73. The first-order valence-corrected chi connectivity index (χ1v) is 7.33. The van der Waals surface area contributed by atoms with Crippen molar-refractivity contribution < 1.29 is 4.39 Å². The molecule has 1 fully saturated rings. The van der Waals surface area contributed by atoms with Crippen LogP contribution in [0.15, 0.2) is 18.2 Å². The number of piperidine rings is 1. The Balaban J connectivity index is 2.18. The second-order valence-corrected chi connectivity index (χ2v) is 6.00. The molecule has 0 bridgehead atoms. The highest BCUT2D eigenvalue weighted by atomic mass is 19.1. The Hall–Kier alpha value is -1.09. The first-order chi connectivity index (χ1) is 9.06. The summed E-state index contributed by atoms with van der Waals surface area (Å²) in [6.45, 7) is 9.42. The molecule has 1 unspecified atom stereocenters. The van der Waals surface area contributed by atoms with E-state index in [1.165, 1.54) is 18.5 Å². The molecule has 0 spiro atoms. The summed E-state index contributed by atoms with van der Waals surface area (Å²) in [6, 6.07) is 5.60. The van der Waals surface area contributed by atoms with Crippen LogP contribution in [-0.4, -0.2) is 19.1 Å². The number of rotatable bonds is 4. The van der Waals surface area contributed by atoms with Crippen LogP contribution in [0.4, 0.5) is 10.1 Å². The molecule has 0 aliphatic carbocycles. The predicted octanol–water partition coefficient (Wildman–Crippen LogP) is 3.56. The van der Waals surface area contributed by atoms with E-state index in [2.05, 4.69) is 31.0 Å². The molecule has 0 saturated carbocycles. The minimum Gasteiger partial charge on any atom is -0.371 e. The standard InChI is InChI=1S/C16H25FN2/c1-12(2)18-10-14-9-15(17)6-7-16(14)19-8-4-5-13(3)11-19/h6-7,9,12-13,18H,4-5,8,10-11H2,1-3H3. The number of nitrogens with one attached hydrogen (secondary N) is 1. The van der Waals surface area contributed by atoms with Crippen LogP contribution < -0.4 is 10.2 Å². The van der Waals surface area contributed by atoms with E-state index in [4.69, 9.17) is 0 Å². The molecule has 1 aromatic rings. The van der Waals surface area contributed by atoms with E-state index in [0.717, 1.165) is 31.1 Å². The summed E-state index contributed by atoms with van der Waals surface area (Å²) in [4.78, 5) is 2.41. The fourth-order valence-corrected chi connectivity index (χ4v) is 2.73. The van der Waals surface area contributed by atoms with E-state index in [1.807, 2.05) is 6.07 Å². The topological polar surface area (TPSA) is 15.3 Å². The molecule has 1 aliphatic rings. The minimum atomic E-state index is -0.144. The van der Waals surface area contributed by atoms with Gasteiger partial charge in [-0.2, -0.15) is 0 Å². The zero-order valence-corrected chi connectivity index (χ0v) is 12.2. The lowest BCUT2D eigenvalue weighted by molar-refractivity contribution is 0.445. The first-order valence-electron chi connectivity index (χ1n) is 7.33. The van der Waals surface area contributed by atoms with Gasteiger partial charge in [-0.1, -0.05) is 20.8 Å². The molecule has 1 N–H and O–H groups in total. The number of hydrogen-bond acceptors (Lipinski definition) is 2. The van der Waals surface area contributed by atoms with Gasteiger partial charge in [-0.15, -0.1) is 0 Å². The SMILES string of the molecule is CC1CCCN(c2ccc(F)cc2CNC(C)C)C1. The van der Waals surface area contributed by atoms with Crippen molar-refractivity contribution >= 4 is 5.69 Å². The molecular formula is C16H25FN2. The summed E-state index contributed by atoms with van der Waals surface area (Å²) in [5.41, 5.74) is 2.27. The first kappa shape index (κ1) is 14.3. The molecule has 3 heteroatoms. The summed E-state index contributed by atoms with van der Waals surface area (Å²) in [5.74, 6) is 0.582. The highest BCUT2D eigenvalue weighted by molar-refractivity contribution is 5.54. The van der Waals surface area contributed by atoms with Crippen LogP contribution in [0.1, 0.15) is 39.2 Å². The molecule has 2 nitrogen and oxygen atoms in total. The van der Waals surface area contributed by atoms with Gasteiger partial charge in [-0.25, -0.2) is 4.39 Å². The smallest absolute Gasteiger partial charge is 0.123 e. The van der Waals surface area contributed by atoms with Crippen LogP contribution in [0.3, 0.4) is 0 Å². The van der Waals surface area contributed by atoms with Crippen LogP contribution in [0.5, 0.6) is 0 Å². The van der Waals surface area contributed by atoms with Crippen LogP contribution in [-0.2, 0) is 6.54 Å². The zero-order valence-electron chi connectivity index (χ0n) is 12.2. The fraction of sp³-hybridized carbons (Fsp3) is 0.625. The molecule has 2 rings (SSSR count). The van der Waals surface area contributed by atoms with Crippen LogP contribution in [0, 0.1) is 11.7 Å². The summed E-state index contributed by atoms with van der Waals surface area (Å²) in [7, 11) is 0. The number of hydrogen-bond donors (Lipinski definition) is 1. The minimum absolute atomic E-state index is 0.144. The average molecular weight is 264 g/mol. The van der Waals surface area contributed by atoms with Gasteiger partial charge in [0.25, 0.3) is 0 Å². The van der Waals surface area contributed by atoms with Crippen molar-refractivity contribution in [2.75, 3.05) is 18.0 Å². The lowest BCUT2D eigenvalue weighted by Gasteiger charge is -2.34. The van der Waals surface area contributed by atoms with Crippen molar-refractivity contribution in [2.24, 2.45) is 5.92 Å². The second-order valence-electron chi connectivity index (χ2n) is 6.00. The van der Waals surface area contributed by atoms with Gasteiger partial charge >= 0.3 is 0 Å². The second kappa shape index (κ2) is 6.38. The number of nitrogens with zero attached hydrogens (tertiary/aromatic N) is 1. The van der Waals surface area contributed by atoms with E-state index in [9.17, 15) is 4.39 Å². The van der Waals surface area contributed by atoms with Gasteiger partial charge < -0.3 is 10.2 Å². The van der Waals surface area contributed by atoms with E-state index < -0.39 is 0 Å². The largest absolute Gasteiger partial charge is 0.371 e. The molecule has 19 heavy (non-hydrogen) atoms. The van der Waals surface area contributed by atoms with Crippen LogP contribution in [0.25, 0.3) is 0 Å². The summed E-state index contributed by atoms with van der Waals surface area (Å²) < 4.78 is 13.5. The third kappa shape index (κ3) is 3.93. The normalized spacial score (nSPS) is 20.1. The Labute approximate surface area is 116 Å². The molecule has 0 amide bonds. The van der Waals surface area contributed by atoms with Crippen molar-refractivity contribution in [1.82, 2.24) is 5.32 Å². The predicted molar refractivity (Wildman–Crippen MR) is 79.0 cm³/mol. The molecule has 0 radical (unpaired) electrons. The number of anilines is 1. The van der Waals surface area contributed by atoms with Gasteiger partial charge in [0.2, 0.25) is 0 Å². The Morgan fingerprint density at radius 1 is 1.42 bits per heavy atom. The molecule has 1 saturated heterocycles. The van der Waals surface area contributed by atoms with Gasteiger partial charge in [0, 0.05) is 31.4 Å². The van der Waals surface area contributed by atoms with Crippen LogP contribution >= 0.6 is 0 Å². The Morgan fingerprint density at radius 2 is 2.21 bits per heavy atom. The van der Waals surface area contributed by atoms with E-state index in [-0.39, 0.29) is 5.82 Å². The van der Waals surface area contributed by atoms with Gasteiger partial charge in [-0.05, 0) is 42.5 Å². The van der Waals surface area contributed by atoms with E-state index in [1.54, 1.807) is 12.1 Å². The van der Waals surface area contributed by atoms with E-state index in [0.29, 0.717) is 6.04 Å². The Bertz CT molecular complexity index is 417. The number of benzene rings is 1. The van der Waals surface area contributed by atoms with Gasteiger partial charge in [0.05, 0.1) is 0 Å². The highest BCUT2D eigenvalue weighted by Crippen LogP contribution is 2.27. The average Bonchev–Trinajstić information content (AvgIpc) is 2.36. The zero-order chi connectivity index (χ0) is 13.8. The molecule has 1 aliphatic heterocycles. The Kier molecular flexibility index (Phi) is 4.81. The van der Waals surface area contributed by atoms with Crippen molar-refractivity contribution in [3.63, 3.8) is 0 Å². The molecule has 0 aromatic heterocycles. The van der Waals surface area contributed by atoms with Gasteiger partial charge in [0.15, 0.2) is 0 Å². The van der Waals surface area contributed by atoms with Crippen molar-refractivity contribution in [3.8, 4) is 0 Å². The number of halogens is 1. The summed E-state index contributed by atoms with van der Waals surface area (Å²) in [5, 5.41) is 3.39. The maximum absolute atomic E-state index is 13.5. The molecular weight excluding hydrogens is 239 g/mol. The summed E-state index contributed by atoms with van der Waals surface area (Å²) in [6.07, 6.45) is 2.53. The molecule has 1 atom stereocenters. The van der Waals surface area contributed by atoms with Gasteiger partial charge in [-0.3, -0.25) is 0 Å². The van der Waals surface area contributed by atoms with Crippen molar-refractivity contribution in [1.29, 1.82) is 0 Å². The van der Waals surface area contributed by atoms with Crippen molar-refractivity contribution in [3.05, 3.63) is 29.6 Å². The lowest BCUT2D eigenvalue weighted by Crippen LogP contribution is -2.35. The van der Waals surface area contributed by atoms with Crippen LogP contribution in [0.2, 0.25) is 0 Å². The molecule has 1 aromatic carbocycles.